The lowest BCUT2D eigenvalue weighted by molar-refractivity contribution is -0.157. The third kappa shape index (κ3) is 1.10. The Hall–Kier alpha value is -0.640. The lowest BCUT2D eigenvalue weighted by Crippen LogP contribution is -2.65. The maximum atomic E-state index is 12.7. The third-order valence-electron chi connectivity index (χ3n) is 3.63. The number of hydrogen-bond acceptors (Lipinski definition) is 2. The van der Waals surface area contributed by atoms with Gasteiger partial charge in [0.2, 0.25) is 0 Å². The van der Waals surface area contributed by atoms with Gasteiger partial charge < -0.3 is 9.64 Å². The highest BCUT2D eigenvalue weighted by molar-refractivity contribution is 5.84. The van der Waals surface area contributed by atoms with Crippen LogP contribution in [0.5, 0.6) is 0 Å². The van der Waals surface area contributed by atoms with Crippen LogP contribution < -0.4 is 0 Å². The molecule has 3 aliphatic rings. The number of carbonyl (C=O) groups is 1. The minimum Gasteiger partial charge on any atom is -0.359 e. The lowest BCUT2D eigenvalue weighted by Gasteiger charge is -2.56. The predicted molar refractivity (Wildman–Crippen MR) is 47.5 cm³/mol. The molecule has 0 aromatic carbocycles. The smallest absolute Gasteiger partial charge is 0.254 e. The standard InChI is InChI=1S/C10H14FNO2/c1-6-8(14-6)9(13)12-4-10(5-12)2-7(11)3-10/h6-8H,2-5H2,1H3/t6-,8+/m0/s1. The summed E-state index contributed by atoms with van der Waals surface area (Å²) >= 11 is 0. The van der Waals surface area contributed by atoms with E-state index in [2.05, 4.69) is 0 Å². The number of carbonyl (C=O) groups excluding carboxylic acids is 1. The van der Waals surface area contributed by atoms with Gasteiger partial charge in [-0.2, -0.15) is 0 Å². The second-order valence-electron chi connectivity index (χ2n) is 4.96. The highest BCUT2D eigenvalue weighted by atomic mass is 19.1. The number of hydrogen-bond donors (Lipinski definition) is 0. The molecule has 0 aromatic heterocycles. The summed E-state index contributed by atoms with van der Waals surface area (Å²) in [5.41, 5.74) is 0.146. The summed E-state index contributed by atoms with van der Waals surface area (Å²) in [6, 6.07) is 0. The Morgan fingerprint density at radius 1 is 1.50 bits per heavy atom. The molecular weight excluding hydrogens is 185 g/mol. The summed E-state index contributed by atoms with van der Waals surface area (Å²) in [5.74, 6) is 0.102. The number of rotatable bonds is 1. The van der Waals surface area contributed by atoms with Gasteiger partial charge in [-0.15, -0.1) is 0 Å². The summed E-state index contributed by atoms with van der Waals surface area (Å²) in [6.07, 6.45) is 0.571. The van der Waals surface area contributed by atoms with Crippen molar-refractivity contribution in [2.24, 2.45) is 5.41 Å². The van der Waals surface area contributed by atoms with E-state index in [1.165, 1.54) is 0 Å². The summed E-state index contributed by atoms with van der Waals surface area (Å²) < 4.78 is 17.8. The molecule has 0 bridgehead atoms. The van der Waals surface area contributed by atoms with E-state index in [0.29, 0.717) is 12.8 Å². The van der Waals surface area contributed by atoms with Crippen molar-refractivity contribution in [3.8, 4) is 0 Å². The first-order valence-electron chi connectivity index (χ1n) is 5.18. The first kappa shape index (κ1) is 8.65. The van der Waals surface area contributed by atoms with Crippen molar-refractivity contribution in [1.82, 2.24) is 4.90 Å². The van der Waals surface area contributed by atoms with E-state index in [0.717, 1.165) is 13.1 Å². The molecule has 1 saturated carbocycles. The number of likely N-dealkylation sites (tertiary alicyclic amines) is 1. The van der Waals surface area contributed by atoms with Crippen LogP contribution in [0, 0.1) is 5.41 Å². The largest absolute Gasteiger partial charge is 0.359 e. The topological polar surface area (TPSA) is 32.8 Å². The Labute approximate surface area is 82.2 Å². The van der Waals surface area contributed by atoms with Crippen LogP contribution in [0.2, 0.25) is 0 Å². The quantitative estimate of drug-likeness (QED) is 0.583. The minimum absolute atomic E-state index is 0.0920. The summed E-state index contributed by atoms with van der Waals surface area (Å²) in [4.78, 5) is 13.4. The number of epoxide rings is 1. The Morgan fingerprint density at radius 3 is 2.50 bits per heavy atom. The van der Waals surface area contributed by atoms with Gasteiger partial charge in [0.1, 0.15) is 6.17 Å². The van der Waals surface area contributed by atoms with Crippen molar-refractivity contribution < 1.29 is 13.9 Å². The normalized spacial score (nSPS) is 39.1. The molecule has 0 N–H and O–H groups in total. The second-order valence-corrected chi connectivity index (χ2v) is 4.96. The highest BCUT2D eigenvalue weighted by Crippen LogP contribution is 2.50. The fraction of sp³-hybridized carbons (Fsp3) is 0.900. The van der Waals surface area contributed by atoms with Crippen molar-refractivity contribution in [3.63, 3.8) is 0 Å². The lowest BCUT2D eigenvalue weighted by atomic mass is 9.62. The maximum absolute atomic E-state index is 12.7. The molecule has 2 atom stereocenters. The summed E-state index contributed by atoms with van der Waals surface area (Å²) in [7, 11) is 0. The maximum Gasteiger partial charge on any atom is 0.254 e. The molecule has 0 radical (unpaired) electrons. The van der Waals surface area contributed by atoms with E-state index in [4.69, 9.17) is 4.74 Å². The first-order valence-corrected chi connectivity index (χ1v) is 5.18. The zero-order valence-corrected chi connectivity index (χ0v) is 8.20. The molecule has 0 aromatic rings. The molecule has 1 amide bonds. The number of alkyl halides is 1. The Kier molecular flexibility index (Phi) is 1.53. The number of halogens is 1. The molecule has 14 heavy (non-hydrogen) atoms. The molecule has 2 saturated heterocycles. The summed E-state index contributed by atoms with van der Waals surface area (Å²) in [5, 5.41) is 0. The van der Waals surface area contributed by atoms with Crippen LogP contribution >= 0.6 is 0 Å². The molecule has 0 unspecified atom stereocenters. The van der Waals surface area contributed by atoms with Gasteiger partial charge in [-0.25, -0.2) is 4.39 Å². The van der Waals surface area contributed by atoms with Gasteiger partial charge in [0.25, 0.3) is 5.91 Å². The van der Waals surface area contributed by atoms with Crippen LogP contribution in [0.4, 0.5) is 4.39 Å². The number of ether oxygens (including phenoxy) is 1. The zero-order valence-electron chi connectivity index (χ0n) is 8.20. The third-order valence-corrected chi connectivity index (χ3v) is 3.63. The monoisotopic (exact) mass is 199 g/mol. The summed E-state index contributed by atoms with van der Waals surface area (Å²) in [6.45, 7) is 3.40. The van der Waals surface area contributed by atoms with Crippen LogP contribution in [0.1, 0.15) is 19.8 Å². The van der Waals surface area contributed by atoms with E-state index in [9.17, 15) is 9.18 Å². The van der Waals surface area contributed by atoms with Crippen molar-refractivity contribution in [3.05, 3.63) is 0 Å². The van der Waals surface area contributed by atoms with Crippen LogP contribution in [-0.2, 0) is 9.53 Å². The molecule has 1 aliphatic carbocycles. The van der Waals surface area contributed by atoms with Crippen LogP contribution in [0.3, 0.4) is 0 Å². The molecule has 1 spiro atoms. The first-order chi connectivity index (χ1) is 6.60. The van der Waals surface area contributed by atoms with Gasteiger partial charge >= 0.3 is 0 Å². The van der Waals surface area contributed by atoms with E-state index < -0.39 is 6.17 Å². The van der Waals surface area contributed by atoms with Crippen LogP contribution in [0.15, 0.2) is 0 Å². The van der Waals surface area contributed by atoms with Crippen molar-refractivity contribution >= 4 is 5.91 Å². The van der Waals surface area contributed by atoms with E-state index in [1.807, 2.05) is 6.92 Å². The highest BCUT2D eigenvalue weighted by Gasteiger charge is 2.56. The SMILES string of the molecule is C[C@@H]1O[C@H]1C(=O)N1CC2(CC(F)C2)C1. The Balaban J connectivity index is 1.52. The molecule has 2 heterocycles. The van der Waals surface area contributed by atoms with E-state index >= 15 is 0 Å². The molecule has 3 rings (SSSR count). The Morgan fingerprint density at radius 2 is 2.07 bits per heavy atom. The molecule has 4 heteroatoms. The zero-order chi connectivity index (χ0) is 9.92. The average Bonchev–Trinajstić information content (AvgIpc) is 2.71. The van der Waals surface area contributed by atoms with Gasteiger partial charge in [0.05, 0.1) is 6.10 Å². The van der Waals surface area contributed by atoms with Crippen molar-refractivity contribution in [2.45, 2.75) is 38.1 Å². The van der Waals surface area contributed by atoms with E-state index in [1.54, 1.807) is 4.90 Å². The van der Waals surface area contributed by atoms with Crippen LogP contribution in [-0.4, -0.2) is 42.3 Å². The van der Waals surface area contributed by atoms with Gasteiger partial charge in [0.15, 0.2) is 6.10 Å². The fourth-order valence-electron chi connectivity index (χ4n) is 2.68. The van der Waals surface area contributed by atoms with Crippen molar-refractivity contribution in [2.75, 3.05) is 13.1 Å². The number of amides is 1. The molecule has 3 nitrogen and oxygen atoms in total. The molecular formula is C10H14FNO2. The van der Waals surface area contributed by atoms with Gasteiger partial charge in [-0.1, -0.05) is 0 Å². The average molecular weight is 199 g/mol. The van der Waals surface area contributed by atoms with E-state index in [-0.39, 0.29) is 23.5 Å². The van der Waals surface area contributed by atoms with Gasteiger partial charge in [-0.05, 0) is 19.8 Å². The predicted octanol–water partition coefficient (Wildman–Crippen LogP) is 0.734. The van der Waals surface area contributed by atoms with Gasteiger partial charge in [0, 0.05) is 18.5 Å². The van der Waals surface area contributed by atoms with Crippen LogP contribution in [0.25, 0.3) is 0 Å². The van der Waals surface area contributed by atoms with Crippen molar-refractivity contribution in [1.29, 1.82) is 0 Å². The fourth-order valence-corrected chi connectivity index (χ4v) is 2.68. The molecule has 78 valence electrons. The second kappa shape index (κ2) is 2.48. The van der Waals surface area contributed by atoms with Gasteiger partial charge in [-0.3, -0.25) is 4.79 Å². The minimum atomic E-state index is -0.622. The number of nitrogens with zero attached hydrogens (tertiary/aromatic N) is 1. The Bertz CT molecular complexity index is 280. The molecule has 3 fully saturated rings. The molecule has 2 aliphatic heterocycles.